The van der Waals surface area contributed by atoms with Crippen LogP contribution in [-0.2, 0) is 9.53 Å². The number of halogens is 2. The van der Waals surface area contributed by atoms with Crippen LogP contribution >= 0.6 is 11.6 Å². The molecule has 7 heteroatoms. The third kappa shape index (κ3) is 3.23. The Morgan fingerprint density at radius 1 is 1.50 bits per heavy atom. The highest BCUT2D eigenvalue weighted by Crippen LogP contribution is 2.32. The van der Waals surface area contributed by atoms with Gasteiger partial charge in [-0.15, -0.1) is 0 Å². The van der Waals surface area contributed by atoms with Crippen LogP contribution < -0.4 is 0 Å². The third-order valence-electron chi connectivity index (χ3n) is 3.90. The van der Waals surface area contributed by atoms with Gasteiger partial charge in [-0.25, -0.2) is 4.39 Å². The molecular formula is C15H17ClFNO4. The van der Waals surface area contributed by atoms with E-state index in [2.05, 4.69) is 0 Å². The number of aliphatic carboxylic acids is 1. The number of carboxylic acids is 1. The Hall–Kier alpha value is -1.66. The number of rotatable bonds is 4. The van der Waals surface area contributed by atoms with Crippen molar-refractivity contribution < 1.29 is 23.8 Å². The van der Waals surface area contributed by atoms with E-state index in [0.717, 1.165) is 6.07 Å². The van der Waals surface area contributed by atoms with E-state index in [4.69, 9.17) is 16.3 Å². The lowest BCUT2D eigenvalue weighted by molar-refractivity contribution is -0.155. The Labute approximate surface area is 132 Å². The highest BCUT2D eigenvalue weighted by molar-refractivity contribution is 6.31. The summed E-state index contributed by atoms with van der Waals surface area (Å²) in [5.41, 5.74) is -1.30. The van der Waals surface area contributed by atoms with Gasteiger partial charge in [0.15, 0.2) is 0 Å². The summed E-state index contributed by atoms with van der Waals surface area (Å²) in [7, 11) is 1.42. The van der Waals surface area contributed by atoms with Gasteiger partial charge in [-0.3, -0.25) is 9.59 Å². The lowest BCUT2D eigenvalue weighted by Crippen LogP contribution is -2.52. The SMILES string of the molecule is COCC1(C(=O)O)CCCN(C(=O)c2cc(Cl)ccc2F)C1. The minimum Gasteiger partial charge on any atom is -0.481 e. The molecule has 1 amide bonds. The molecule has 0 aliphatic carbocycles. The highest BCUT2D eigenvalue weighted by atomic mass is 35.5. The normalized spacial score (nSPS) is 21.7. The molecule has 1 heterocycles. The molecule has 120 valence electrons. The fraction of sp³-hybridized carbons (Fsp3) is 0.467. The van der Waals surface area contributed by atoms with Crippen LogP contribution in [-0.4, -0.2) is 48.7 Å². The molecule has 1 saturated heterocycles. The lowest BCUT2D eigenvalue weighted by Gasteiger charge is -2.39. The van der Waals surface area contributed by atoms with Crippen molar-refractivity contribution in [3.63, 3.8) is 0 Å². The first-order chi connectivity index (χ1) is 10.4. The van der Waals surface area contributed by atoms with E-state index in [0.29, 0.717) is 19.4 Å². The molecule has 5 nitrogen and oxygen atoms in total. The predicted molar refractivity (Wildman–Crippen MR) is 78.5 cm³/mol. The van der Waals surface area contributed by atoms with Crippen LogP contribution in [0, 0.1) is 11.2 Å². The summed E-state index contributed by atoms with van der Waals surface area (Å²) < 4.78 is 18.8. The number of amides is 1. The Bertz CT molecular complexity index is 591. The van der Waals surface area contributed by atoms with Crippen LogP contribution in [0.1, 0.15) is 23.2 Å². The van der Waals surface area contributed by atoms with Gasteiger partial charge in [0.1, 0.15) is 11.2 Å². The predicted octanol–water partition coefficient (Wildman–Crippen LogP) is 2.43. The van der Waals surface area contributed by atoms with E-state index in [-0.39, 0.29) is 23.7 Å². The van der Waals surface area contributed by atoms with Crippen molar-refractivity contribution in [2.24, 2.45) is 5.41 Å². The van der Waals surface area contributed by atoms with E-state index < -0.39 is 23.1 Å². The zero-order valence-electron chi connectivity index (χ0n) is 12.1. The molecule has 1 unspecified atom stereocenters. The van der Waals surface area contributed by atoms with Crippen LogP contribution in [0.25, 0.3) is 0 Å². The first kappa shape index (κ1) is 16.7. The molecule has 0 spiro atoms. The van der Waals surface area contributed by atoms with Gasteiger partial charge < -0.3 is 14.7 Å². The van der Waals surface area contributed by atoms with E-state index in [1.54, 1.807) is 0 Å². The average Bonchev–Trinajstić information content (AvgIpc) is 2.49. The van der Waals surface area contributed by atoms with Gasteiger partial charge in [0.2, 0.25) is 0 Å². The smallest absolute Gasteiger partial charge is 0.313 e. The second kappa shape index (κ2) is 6.62. The van der Waals surface area contributed by atoms with Crippen LogP contribution in [0.3, 0.4) is 0 Å². The number of hydrogen-bond acceptors (Lipinski definition) is 3. The van der Waals surface area contributed by atoms with Crippen LogP contribution in [0.2, 0.25) is 5.02 Å². The van der Waals surface area contributed by atoms with E-state index in [9.17, 15) is 19.1 Å². The van der Waals surface area contributed by atoms with Gasteiger partial charge >= 0.3 is 5.97 Å². The van der Waals surface area contributed by atoms with Gasteiger partial charge in [0.25, 0.3) is 5.91 Å². The van der Waals surface area contributed by atoms with Crippen LogP contribution in [0.15, 0.2) is 18.2 Å². The van der Waals surface area contributed by atoms with Crippen molar-refractivity contribution in [2.45, 2.75) is 12.8 Å². The van der Waals surface area contributed by atoms with Crippen molar-refractivity contribution in [3.05, 3.63) is 34.6 Å². The molecule has 1 aromatic rings. The highest BCUT2D eigenvalue weighted by Gasteiger charge is 2.44. The van der Waals surface area contributed by atoms with Gasteiger partial charge in [-0.1, -0.05) is 11.6 Å². The summed E-state index contributed by atoms with van der Waals surface area (Å²) >= 11 is 5.80. The number of carbonyl (C=O) groups excluding carboxylic acids is 1. The number of benzene rings is 1. The summed E-state index contributed by atoms with van der Waals surface area (Å²) in [5.74, 6) is -2.24. The van der Waals surface area contributed by atoms with E-state index in [1.165, 1.54) is 24.1 Å². The molecule has 0 aromatic heterocycles. The molecule has 22 heavy (non-hydrogen) atoms. The van der Waals surface area contributed by atoms with Gasteiger partial charge in [-0.2, -0.15) is 0 Å². The first-order valence-electron chi connectivity index (χ1n) is 6.86. The summed E-state index contributed by atoms with van der Waals surface area (Å²) in [5, 5.41) is 9.73. The van der Waals surface area contributed by atoms with Gasteiger partial charge in [0, 0.05) is 25.2 Å². The van der Waals surface area contributed by atoms with Crippen molar-refractivity contribution >= 4 is 23.5 Å². The second-order valence-corrected chi connectivity index (χ2v) is 5.91. The zero-order valence-corrected chi connectivity index (χ0v) is 12.9. The number of nitrogens with zero attached hydrogens (tertiary/aromatic N) is 1. The van der Waals surface area contributed by atoms with Crippen LogP contribution in [0.5, 0.6) is 0 Å². The average molecular weight is 330 g/mol. The monoisotopic (exact) mass is 329 g/mol. The number of likely N-dealkylation sites (tertiary alicyclic amines) is 1. The molecule has 0 bridgehead atoms. The molecule has 1 atom stereocenters. The first-order valence-corrected chi connectivity index (χ1v) is 7.24. The maximum Gasteiger partial charge on any atom is 0.313 e. The Morgan fingerprint density at radius 2 is 2.23 bits per heavy atom. The molecule has 1 N–H and O–H groups in total. The number of hydrogen-bond donors (Lipinski definition) is 1. The molecule has 1 aliphatic rings. The molecule has 0 radical (unpaired) electrons. The quantitative estimate of drug-likeness (QED) is 0.921. The fourth-order valence-corrected chi connectivity index (χ4v) is 2.94. The number of methoxy groups -OCH3 is 1. The van der Waals surface area contributed by atoms with Crippen molar-refractivity contribution in [1.82, 2.24) is 4.90 Å². The minimum atomic E-state index is -1.16. The minimum absolute atomic E-state index is 0.00411. The Balaban J connectivity index is 2.26. The maximum absolute atomic E-state index is 13.8. The third-order valence-corrected chi connectivity index (χ3v) is 4.13. The molecule has 2 rings (SSSR count). The Kier molecular flexibility index (Phi) is 5.03. The lowest BCUT2D eigenvalue weighted by atomic mass is 9.80. The standard InChI is InChI=1S/C15H17ClFNO4/c1-22-9-15(14(20)21)5-2-6-18(8-15)13(19)11-7-10(16)3-4-12(11)17/h3-4,7H,2,5-6,8-9H2,1H3,(H,20,21). The second-order valence-electron chi connectivity index (χ2n) is 5.47. The van der Waals surface area contributed by atoms with Crippen molar-refractivity contribution in [3.8, 4) is 0 Å². The number of carboxylic acid groups (broad SMARTS) is 1. The number of piperidine rings is 1. The van der Waals surface area contributed by atoms with Crippen molar-refractivity contribution in [1.29, 1.82) is 0 Å². The molecule has 1 aliphatic heterocycles. The summed E-state index contributed by atoms with van der Waals surface area (Å²) in [4.78, 5) is 25.4. The summed E-state index contributed by atoms with van der Waals surface area (Å²) in [6.07, 6.45) is 0.932. The number of ether oxygens (including phenoxy) is 1. The molecular weight excluding hydrogens is 313 g/mol. The Morgan fingerprint density at radius 3 is 2.86 bits per heavy atom. The summed E-state index contributed by atoms with van der Waals surface area (Å²) in [6, 6.07) is 3.74. The fourth-order valence-electron chi connectivity index (χ4n) is 2.77. The molecule has 0 saturated carbocycles. The number of carbonyl (C=O) groups is 2. The summed E-state index contributed by atoms with van der Waals surface area (Å²) in [6.45, 7) is 0.370. The van der Waals surface area contributed by atoms with Crippen molar-refractivity contribution in [2.75, 3.05) is 26.8 Å². The van der Waals surface area contributed by atoms with Crippen LogP contribution in [0.4, 0.5) is 4.39 Å². The maximum atomic E-state index is 13.8. The van der Waals surface area contributed by atoms with Gasteiger partial charge in [0.05, 0.1) is 12.2 Å². The molecule has 1 aromatic carbocycles. The molecule has 1 fully saturated rings. The van der Waals surface area contributed by atoms with Gasteiger partial charge in [-0.05, 0) is 31.0 Å². The van der Waals surface area contributed by atoms with E-state index in [1.807, 2.05) is 0 Å². The largest absolute Gasteiger partial charge is 0.481 e. The topological polar surface area (TPSA) is 66.8 Å². The van der Waals surface area contributed by atoms with E-state index >= 15 is 0 Å². The zero-order chi connectivity index (χ0) is 16.3.